The first-order valence-corrected chi connectivity index (χ1v) is 8.72. The predicted octanol–water partition coefficient (Wildman–Crippen LogP) is 0.469. The Morgan fingerprint density at radius 3 is 2.93 bits per heavy atom. The molecule has 1 aliphatic carbocycles. The molecule has 1 saturated carbocycles. The zero-order chi connectivity index (χ0) is 21.2. The number of aliphatic hydroxyl groups excluding tert-OH is 1. The molecule has 0 saturated heterocycles. The van der Waals surface area contributed by atoms with Crippen LogP contribution in [0.2, 0.25) is 0 Å². The average Bonchev–Trinajstić information content (AvgIpc) is 3.19. The van der Waals surface area contributed by atoms with Crippen LogP contribution >= 0.6 is 0 Å². The number of fused-ring (bicyclic) bond motifs is 1. The molecule has 0 aromatic carbocycles. The summed E-state index contributed by atoms with van der Waals surface area (Å²) in [6, 6.07) is 1.26. The minimum absolute atomic E-state index is 0.0201. The van der Waals surface area contributed by atoms with Crippen molar-refractivity contribution < 1.29 is 35.2 Å². The fourth-order valence-corrected chi connectivity index (χ4v) is 3.96. The van der Waals surface area contributed by atoms with Crippen molar-refractivity contribution in [2.24, 2.45) is 11.3 Å². The van der Waals surface area contributed by atoms with Gasteiger partial charge < -0.3 is 20.1 Å². The van der Waals surface area contributed by atoms with E-state index in [1.54, 1.807) is 30.7 Å². The molecular weight excluding hydrogens is 388 g/mol. The molecule has 12 heteroatoms. The van der Waals surface area contributed by atoms with Crippen molar-refractivity contribution in [1.29, 1.82) is 0 Å². The number of ether oxygens (including phenoxy) is 1. The van der Waals surface area contributed by atoms with Crippen molar-refractivity contribution in [2.75, 3.05) is 12.3 Å². The van der Waals surface area contributed by atoms with Gasteiger partial charge in [0.2, 0.25) is 5.95 Å². The fraction of sp³-hybridized carbons (Fsp3) is 0.529. The maximum Gasteiger partial charge on any atom is 0.332 e. The van der Waals surface area contributed by atoms with E-state index < -0.39 is 23.9 Å². The molecule has 2 aromatic heterocycles. The number of nitrogens with two attached hydrogens (primary N) is 1. The summed E-state index contributed by atoms with van der Waals surface area (Å²) in [6.07, 6.45) is 1.15. The lowest BCUT2D eigenvalue weighted by atomic mass is 9.82. The zero-order valence-electron chi connectivity index (χ0n) is 15.7. The maximum atomic E-state index is 12.1. The van der Waals surface area contributed by atoms with Crippen LogP contribution in [0.1, 0.15) is 26.3 Å². The number of aromatic amines is 1. The molecular formula is C17H22N4O8. The summed E-state index contributed by atoms with van der Waals surface area (Å²) in [6.45, 7) is 1.65. The molecule has 158 valence electrons. The van der Waals surface area contributed by atoms with E-state index in [9.17, 15) is 9.90 Å². The minimum Gasteiger partial charge on any atom is -0.391 e. The molecule has 29 heavy (non-hydrogen) atoms. The molecule has 0 spiro atoms. The molecule has 0 amide bonds. The van der Waals surface area contributed by atoms with Crippen LogP contribution in [0, 0.1) is 23.2 Å². The summed E-state index contributed by atoms with van der Waals surface area (Å²) < 4.78 is 6.93. The standard InChI is InChI=1S/C17H22N4O8/c1-3-5-17(2)11(7-9(12(17)22)8-26-16(27-24)28-29-25)21-6-4-10-13(21)19-15(18)20-14(10)23/h4,6,9,11-12,16,22,24-25H,7-8H2,1-2H3,(H3,18,19,20,23)/t9-,11-,12?,16?,17?/m1/s1. The van der Waals surface area contributed by atoms with E-state index in [2.05, 4.69) is 36.6 Å². The van der Waals surface area contributed by atoms with Gasteiger partial charge in [-0.25, -0.2) is 10.5 Å². The Balaban J connectivity index is 1.95. The summed E-state index contributed by atoms with van der Waals surface area (Å²) in [5.74, 6) is 5.43. The molecule has 1 fully saturated rings. The highest BCUT2D eigenvalue weighted by atomic mass is 17.5. The molecule has 6 N–H and O–H groups in total. The first-order chi connectivity index (χ1) is 13.8. The Kier molecular flexibility index (Phi) is 6.20. The van der Waals surface area contributed by atoms with Crippen LogP contribution < -0.4 is 11.3 Å². The lowest BCUT2D eigenvalue weighted by molar-refractivity contribution is -0.592. The highest BCUT2D eigenvalue weighted by Crippen LogP contribution is 2.50. The van der Waals surface area contributed by atoms with Crippen molar-refractivity contribution in [3.63, 3.8) is 0 Å². The first kappa shape index (κ1) is 21.2. The van der Waals surface area contributed by atoms with Gasteiger partial charge in [-0.3, -0.25) is 9.78 Å². The Bertz CT molecular complexity index is 979. The number of nitrogens with one attached hydrogen (secondary N) is 1. The van der Waals surface area contributed by atoms with Crippen LogP contribution in [-0.4, -0.2) is 49.3 Å². The Hall–Kier alpha value is -2.50. The summed E-state index contributed by atoms with van der Waals surface area (Å²) in [7, 11) is 0. The average molecular weight is 410 g/mol. The molecule has 0 bridgehead atoms. The van der Waals surface area contributed by atoms with Crippen LogP contribution in [0.25, 0.3) is 11.0 Å². The van der Waals surface area contributed by atoms with Crippen LogP contribution in [0.5, 0.6) is 0 Å². The Morgan fingerprint density at radius 2 is 2.28 bits per heavy atom. The van der Waals surface area contributed by atoms with Crippen LogP contribution in [-0.2, 0) is 19.6 Å². The molecule has 3 unspecified atom stereocenters. The fourth-order valence-electron chi connectivity index (χ4n) is 3.96. The summed E-state index contributed by atoms with van der Waals surface area (Å²) in [5.41, 5.74) is 4.80. The van der Waals surface area contributed by atoms with E-state index >= 15 is 0 Å². The van der Waals surface area contributed by atoms with Crippen molar-refractivity contribution in [3.05, 3.63) is 22.6 Å². The second-order valence-corrected chi connectivity index (χ2v) is 6.92. The van der Waals surface area contributed by atoms with Crippen LogP contribution in [0.4, 0.5) is 5.95 Å². The molecule has 5 atom stereocenters. The third-order valence-electron chi connectivity index (χ3n) is 5.26. The predicted molar refractivity (Wildman–Crippen MR) is 97.7 cm³/mol. The third-order valence-corrected chi connectivity index (χ3v) is 5.26. The van der Waals surface area contributed by atoms with Gasteiger partial charge in [-0.1, -0.05) is 11.0 Å². The van der Waals surface area contributed by atoms with Gasteiger partial charge in [0.05, 0.1) is 29.6 Å². The number of aromatic nitrogens is 3. The van der Waals surface area contributed by atoms with Gasteiger partial charge >= 0.3 is 6.48 Å². The molecule has 1 aliphatic rings. The van der Waals surface area contributed by atoms with Gasteiger partial charge in [0.15, 0.2) is 0 Å². The number of H-pyrrole nitrogens is 1. The smallest absolute Gasteiger partial charge is 0.332 e. The van der Waals surface area contributed by atoms with Gasteiger partial charge in [-0.15, -0.1) is 10.8 Å². The SMILES string of the molecule is CC#CC1(C)C(O)[C@@H](COC(OO)OOO)C[C@H]1n1ccc2c(=O)[nH]c(N)nc21. The summed E-state index contributed by atoms with van der Waals surface area (Å²) in [5, 5.41) is 31.7. The molecule has 2 aromatic rings. The van der Waals surface area contributed by atoms with E-state index in [-0.39, 0.29) is 24.2 Å². The van der Waals surface area contributed by atoms with E-state index in [1.807, 2.05) is 0 Å². The number of hydrogen-bond donors (Lipinski definition) is 5. The van der Waals surface area contributed by atoms with Crippen molar-refractivity contribution in [2.45, 2.75) is 38.9 Å². The number of anilines is 1. The van der Waals surface area contributed by atoms with Gasteiger partial charge in [0, 0.05) is 12.1 Å². The summed E-state index contributed by atoms with van der Waals surface area (Å²) in [4.78, 5) is 26.8. The largest absolute Gasteiger partial charge is 0.391 e. The van der Waals surface area contributed by atoms with Gasteiger partial charge in [0.25, 0.3) is 5.56 Å². The van der Waals surface area contributed by atoms with E-state index in [0.29, 0.717) is 17.5 Å². The Morgan fingerprint density at radius 1 is 1.52 bits per heavy atom. The van der Waals surface area contributed by atoms with Crippen LogP contribution in [0.15, 0.2) is 17.1 Å². The number of rotatable bonds is 7. The van der Waals surface area contributed by atoms with E-state index in [1.165, 1.54) is 0 Å². The number of hydrogen-bond acceptors (Lipinski definition) is 10. The van der Waals surface area contributed by atoms with Crippen molar-refractivity contribution in [1.82, 2.24) is 14.5 Å². The van der Waals surface area contributed by atoms with Crippen molar-refractivity contribution >= 4 is 17.0 Å². The second-order valence-electron chi connectivity index (χ2n) is 6.92. The monoisotopic (exact) mass is 410 g/mol. The topological polar surface area (TPSA) is 174 Å². The highest BCUT2D eigenvalue weighted by molar-refractivity contribution is 5.76. The molecule has 2 heterocycles. The number of aliphatic hydroxyl groups is 1. The molecule has 12 nitrogen and oxygen atoms in total. The molecule has 0 radical (unpaired) electrons. The molecule has 3 rings (SSSR count). The highest BCUT2D eigenvalue weighted by Gasteiger charge is 2.52. The lowest BCUT2D eigenvalue weighted by Gasteiger charge is -2.31. The van der Waals surface area contributed by atoms with E-state index in [0.717, 1.165) is 0 Å². The first-order valence-electron chi connectivity index (χ1n) is 8.72. The zero-order valence-corrected chi connectivity index (χ0v) is 15.7. The number of nitrogens with zero attached hydrogens (tertiary/aromatic N) is 2. The normalized spacial score (nSPS) is 27.7. The molecule has 0 aliphatic heterocycles. The third kappa shape index (κ3) is 3.85. The van der Waals surface area contributed by atoms with Gasteiger partial charge in [-0.05, 0) is 26.3 Å². The maximum absolute atomic E-state index is 12.1. The Labute approximate surface area is 164 Å². The van der Waals surface area contributed by atoms with Gasteiger partial charge in [-0.2, -0.15) is 9.87 Å². The summed E-state index contributed by atoms with van der Waals surface area (Å²) >= 11 is 0. The van der Waals surface area contributed by atoms with Crippen molar-refractivity contribution in [3.8, 4) is 11.8 Å². The van der Waals surface area contributed by atoms with E-state index in [4.69, 9.17) is 21.0 Å². The minimum atomic E-state index is -1.71. The quantitative estimate of drug-likeness (QED) is 0.187. The lowest BCUT2D eigenvalue weighted by Crippen LogP contribution is -2.36. The second kappa shape index (κ2) is 8.47. The van der Waals surface area contributed by atoms with Crippen LogP contribution in [0.3, 0.4) is 0 Å². The number of nitrogen functional groups attached to an aromatic ring is 1. The van der Waals surface area contributed by atoms with Gasteiger partial charge in [0.1, 0.15) is 5.65 Å².